The van der Waals surface area contributed by atoms with Crippen LogP contribution in [-0.2, 0) is 0 Å². The Kier molecular flexibility index (Phi) is 19.8. The van der Waals surface area contributed by atoms with Crippen LogP contribution < -0.4 is 20.7 Å². The molecule has 0 saturated heterocycles. The normalized spacial score (nSPS) is 11.4. The smallest absolute Gasteiger partial charge is 0.179 e. The standard InChI is InChI=1S/C66H46N2Si.C49H31N3.2CH4/c1-5-20-53(21-6-1)67-63-30-15-13-28-59(63)61-45-51(36-42-65(61)67)52-37-43-66-62(46-52)60-29-14-16-31-64(60)68(66)54-38-32-47(33-39-54)49-18-17-19-50(44-49)48-34-40-58(41-35-48)69(55-22-7-2-8-23-55,56-24-9-3-10-25-56)57-26-11-4-12-27-57;50-32-33-10-8-11-35(28-33)37-13-9-12-36(29-37)34-20-24-41(25-21-34)52-47-19-7-5-17-43(47)45-31-39(23-27-49(45)52)38-22-26-48-44(30-38)42-16-4-6-18-46(42)51(48)40-14-2-1-3-15-40;;/h1-46H;1-31H;2*1H4. The summed E-state index contributed by atoms with van der Waals surface area (Å²) in [7, 11) is -2.60. The van der Waals surface area contributed by atoms with Gasteiger partial charge in [-0.2, -0.15) is 5.26 Å². The largest absolute Gasteiger partial charge is 0.309 e. The summed E-state index contributed by atoms with van der Waals surface area (Å²) in [5.41, 5.74) is 28.9. The lowest BCUT2D eigenvalue weighted by molar-refractivity contribution is 1.18. The summed E-state index contributed by atoms with van der Waals surface area (Å²) in [4.78, 5) is 0. The van der Waals surface area contributed by atoms with Gasteiger partial charge in [-0.1, -0.05) is 336 Å². The number of nitriles is 1. The van der Waals surface area contributed by atoms with E-state index in [4.69, 9.17) is 0 Å². The molecule has 0 fully saturated rings. The van der Waals surface area contributed by atoms with Crippen LogP contribution in [0.1, 0.15) is 20.4 Å². The van der Waals surface area contributed by atoms with E-state index in [0.29, 0.717) is 5.56 Å². The molecule has 582 valence electrons. The Morgan fingerprint density at radius 2 is 0.382 bits per heavy atom. The van der Waals surface area contributed by atoms with Crippen LogP contribution in [0, 0.1) is 11.3 Å². The summed E-state index contributed by atoms with van der Waals surface area (Å²) < 4.78 is 9.53. The van der Waals surface area contributed by atoms with E-state index in [1.54, 1.807) is 0 Å². The van der Waals surface area contributed by atoms with Gasteiger partial charge in [0.15, 0.2) is 8.07 Å². The zero-order valence-electron chi connectivity index (χ0n) is 66.2. The fourth-order valence-electron chi connectivity index (χ4n) is 19.0. The van der Waals surface area contributed by atoms with E-state index in [1.807, 2.05) is 18.2 Å². The van der Waals surface area contributed by atoms with Gasteiger partial charge in [-0.3, -0.25) is 0 Å². The Morgan fingerprint density at radius 1 is 0.163 bits per heavy atom. The van der Waals surface area contributed by atoms with E-state index in [0.717, 1.165) is 33.6 Å². The van der Waals surface area contributed by atoms with Crippen LogP contribution in [0.3, 0.4) is 0 Å². The van der Waals surface area contributed by atoms with Crippen molar-refractivity contribution in [2.24, 2.45) is 0 Å². The third-order valence-electron chi connectivity index (χ3n) is 24.6. The highest BCUT2D eigenvalue weighted by molar-refractivity contribution is 7.19. The van der Waals surface area contributed by atoms with Gasteiger partial charge in [-0.15, -0.1) is 0 Å². The highest BCUT2D eigenvalue weighted by Gasteiger charge is 2.41. The van der Waals surface area contributed by atoms with E-state index in [2.05, 4.69) is 473 Å². The first-order valence-electron chi connectivity index (χ1n) is 41.4. The fourth-order valence-corrected chi connectivity index (χ4v) is 23.7. The molecule has 5 nitrogen and oxygen atoms in total. The van der Waals surface area contributed by atoms with Crippen LogP contribution in [0.15, 0.2) is 467 Å². The molecule has 0 bridgehead atoms. The van der Waals surface area contributed by atoms with E-state index >= 15 is 0 Å². The number of rotatable bonds is 14. The molecule has 0 aliphatic carbocycles. The summed E-state index contributed by atoms with van der Waals surface area (Å²) in [5, 5.41) is 24.9. The van der Waals surface area contributed by atoms with Gasteiger partial charge in [0, 0.05) is 65.8 Å². The molecule has 19 aromatic carbocycles. The minimum atomic E-state index is -2.60. The maximum atomic E-state index is 9.39. The van der Waals surface area contributed by atoms with Crippen molar-refractivity contribution in [3.63, 3.8) is 0 Å². The third-order valence-corrected chi connectivity index (χ3v) is 29.4. The van der Waals surface area contributed by atoms with Gasteiger partial charge in [0.05, 0.1) is 55.8 Å². The average Bonchev–Trinajstić information content (AvgIpc) is 1.27. The molecule has 0 spiro atoms. The fraction of sp³-hybridized carbons (Fsp3) is 0.0171. The number of hydrogen-bond donors (Lipinski definition) is 0. The summed E-state index contributed by atoms with van der Waals surface area (Å²) in [5.74, 6) is 0. The second-order valence-electron chi connectivity index (χ2n) is 31.4. The van der Waals surface area contributed by atoms with Crippen molar-refractivity contribution in [3.8, 4) is 95.6 Å². The topological polar surface area (TPSA) is 43.5 Å². The molecule has 0 unspecified atom stereocenters. The van der Waals surface area contributed by atoms with Crippen LogP contribution in [0.2, 0.25) is 0 Å². The van der Waals surface area contributed by atoms with Gasteiger partial charge in [-0.25, -0.2) is 0 Å². The number of fused-ring (bicyclic) bond motifs is 12. The molecule has 4 aromatic heterocycles. The van der Waals surface area contributed by atoms with Gasteiger partial charge in [0.1, 0.15) is 0 Å². The van der Waals surface area contributed by atoms with E-state index in [-0.39, 0.29) is 14.9 Å². The quantitative estimate of drug-likeness (QED) is 0.0790. The first-order chi connectivity index (χ1) is 59.9. The molecular formula is C117H85N5Si. The number of benzene rings is 19. The average molecular weight is 1590 g/mol. The van der Waals surface area contributed by atoms with Crippen LogP contribution in [-0.4, -0.2) is 26.3 Å². The molecule has 4 heterocycles. The van der Waals surface area contributed by atoms with Gasteiger partial charge >= 0.3 is 0 Å². The second kappa shape index (κ2) is 32.1. The Balaban J connectivity index is 0.000000160. The van der Waals surface area contributed by atoms with Crippen molar-refractivity contribution in [1.29, 1.82) is 5.26 Å². The Hall–Kier alpha value is -15.9. The molecule has 6 heteroatoms. The van der Waals surface area contributed by atoms with Crippen molar-refractivity contribution < 1.29 is 0 Å². The summed E-state index contributed by atoms with van der Waals surface area (Å²) >= 11 is 0. The van der Waals surface area contributed by atoms with E-state index < -0.39 is 8.07 Å². The predicted molar refractivity (Wildman–Crippen MR) is 525 cm³/mol. The van der Waals surface area contributed by atoms with Gasteiger partial charge in [0.25, 0.3) is 0 Å². The molecule has 0 amide bonds. The molecular weight excluding hydrogens is 1500 g/mol. The minimum absolute atomic E-state index is 0. The molecule has 0 aliphatic heterocycles. The number of hydrogen-bond acceptors (Lipinski definition) is 1. The molecule has 23 rings (SSSR count). The second-order valence-corrected chi connectivity index (χ2v) is 35.2. The maximum absolute atomic E-state index is 9.39. The SMILES string of the molecule is C.C.N#Cc1cccc(-c2cccc(-c3ccc(-n4c5ccccc5c5cc(-c6ccc7c(c6)c6ccccc6n7-c6ccccc6)ccc54)cc3)c2)c1.c1ccc(-n2c3ccccc3c3cc(-c4ccc5c(c4)c4ccccc4n5-c4ccc(-c5cccc(-c6ccc([Si](c7ccccc7)(c7ccccc7)c7ccccc7)cc6)c5)cc4)ccc32)cc1. The molecule has 0 radical (unpaired) electrons. The van der Waals surface area contributed by atoms with Crippen molar-refractivity contribution >= 4 is 116 Å². The van der Waals surface area contributed by atoms with Gasteiger partial charge in [-0.05, 0) is 233 Å². The van der Waals surface area contributed by atoms with Crippen LogP contribution >= 0.6 is 0 Å². The van der Waals surface area contributed by atoms with E-state index in [9.17, 15) is 5.26 Å². The van der Waals surface area contributed by atoms with Gasteiger partial charge in [0.2, 0.25) is 0 Å². The Bertz CT molecular complexity index is 7820. The van der Waals surface area contributed by atoms with Crippen LogP contribution in [0.25, 0.3) is 177 Å². The van der Waals surface area contributed by atoms with Crippen molar-refractivity contribution in [3.05, 3.63) is 473 Å². The monoisotopic (exact) mass is 1590 g/mol. The highest BCUT2D eigenvalue weighted by Crippen LogP contribution is 2.43. The van der Waals surface area contributed by atoms with E-state index in [1.165, 1.54) is 164 Å². The summed E-state index contributed by atoms with van der Waals surface area (Å²) in [6.07, 6.45) is 0. The molecule has 0 atom stereocenters. The maximum Gasteiger partial charge on any atom is 0.179 e. The Labute approximate surface area is 717 Å². The van der Waals surface area contributed by atoms with Crippen molar-refractivity contribution in [2.45, 2.75) is 14.9 Å². The number of para-hydroxylation sites is 6. The lowest BCUT2D eigenvalue weighted by atomic mass is 9.98. The number of aromatic nitrogens is 4. The highest BCUT2D eigenvalue weighted by atomic mass is 28.3. The molecule has 0 aliphatic rings. The summed E-state index contributed by atoms with van der Waals surface area (Å²) in [6, 6.07) is 172. The molecule has 0 N–H and O–H groups in total. The minimum Gasteiger partial charge on any atom is -0.309 e. The zero-order valence-corrected chi connectivity index (χ0v) is 67.2. The third kappa shape index (κ3) is 13.3. The Morgan fingerprint density at radius 3 is 0.691 bits per heavy atom. The first-order valence-corrected chi connectivity index (χ1v) is 43.4. The number of nitrogens with zero attached hydrogens (tertiary/aromatic N) is 5. The lowest BCUT2D eigenvalue weighted by Crippen LogP contribution is -2.74. The van der Waals surface area contributed by atoms with Gasteiger partial charge < -0.3 is 18.3 Å². The molecule has 23 aromatic rings. The predicted octanol–water partition coefficient (Wildman–Crippen LogP) is 28.3. The molecule has 0 saturated carbocycles. The molecule has 123 heavy (non-hydrogen) atoms. The van der Waals surface area contributed by atoms with Crippen molar-refractivity contribution in [1.82, 2.24) is 18.3 Å². The lowest BCUT2D eigenvalue weighted by Gasteiger charge is -2.34. The summed E-state index contributed by atoms with van der Waals surface area (Å²) in [6.45, 7) is 0. The van der Waals surface area contributed by atoms with Crippen LogP contribution in [0.5, 0.6) is 0 Å². The van der Waals surface area contributed by atoms with Crippen molar-refractivity contribution in [2.75, 3.05) is 0 Å². The first kappa shape index (κ1) is 75.8. The van der Waals surface area contributed by atoms with Crippen LogP contribution in [0.4, 0.5) is 0 Å². The zero-order chi connectivity index (χ0) is 80.3.